The maximum Gasteiger partial charge on any atom is 0.222 e. The predicted molar refractivity (Wildman–Crippen MR) is 77.3 cm³/mol. The Morgan fingerprint density at radius 1 is 1.44 bits per heavy atom. The van der Waals surface area contributed by atoms with E-state index in [9.17, 15) is 0 Å². The van der Waals surface area contributed by atoms with Gasteiger partial charge in [-0.2, -0.15) is 0 Å². The van der Waals surface area contributed by atoms with Gasteiger partial charge in [0, 0.05) is 30.9 Å². The lowest BCUT2D eigenvalue weighted by Gasteiger charge is -2.14. The summed E-state index contributed by atoms with van der Waals surface area (Å²) in [4.78, 5) is 9.35. The minimum absolute atomic E-state index is 0.0604. The second-order valence-electron chi connectivity index (χ2n) is 3.47. The molecule has 2 rings (SSSR count). The lowest BCUT2D eigenvalue weighted by atomic mass is 10.3. The summed E-state index contributed by atoms with van der Waals surface area (Å²) in [5.41, 5.74) is 0. The van der Waals surface area contributed by atoms with Gasteiger partial charge in [-0.05, 0) is 28.1 Å². The van der Waals surface area contributed by atoms with Gasteiger partial charge in [0.05, 0.1) is 8.81 Å². The number of nitrogens with one attached hydrogen (secondary N) is 1. The molecule has 0 saturated carbocycles. The summed E-state index contributed by atoms with van der Waals surface area (Å²) < 4.78 is 7.02. The van der Waals surface area contributed by atoms with Crippen LogP contribution in [0.15, 0.2) is 29.0 Å². The molecule has 0 amide bonds. The monoisotopic (exact) mass is 347 g/mol. The van der Waals surface area contributed by atoms with Gasteiger partial charge in [-0.1, -0.05) is 11.6 Å². The number of hydrogen-bond donors (Lipinski definition) is 1. The summed E-state index contributed by atoms with van der Waals surface area (Å²) >= 11 is 10.7. The summed E-state index contributed by atoms with van der Waals surface area (Å²) in [6.45, 7) is 0.592. The van der Waals surface area contributed by atoms with Gasteiger partial charge in [0.1, 0.15) is 6.10 Å². The highest BCUT2D eigenvalue weighted by Crippen LogP contribution is 2.28. The molecule has 2 aromatic rings. The zero-order chi connectivity index (χ0) is 13.0. The zero-order valence-corrected chi connectivity index (χ0v) is 12.7. The maximum absolute atomic E-state index is 5.91. The van der Waals surface area contributed by atoms with E-state index in [1.54, 1.807) is 19.5 Å². The van der Waals surface area contributed by atoms with Crippen LogP contribution in [0.3, 0.4) is 0 Å². The fourth-order valence-electron chi connectivity index (χ4n) is 1.39. The highest BCUT2D eigenvalue weighted by atomic mass is 79.9. The Balaban J connectivity index is 1.97. The van der Waals surface area contributed by atoms with Crippen LogP contribution in [0.2, 0.25) is 4.34 Å². The van der Waals surface area contributed by atoms with Crippen molar-refractivity contribution in [2.45, 2.75) is 6.10 Å². The smallest absolute Gasteiger partial charge is 0.222 e. The molecular formula is C11H11BrClN3OS. The molecule has 0 bridgehead atoms. The Morgan fingerprint density at radius 2 is 2.17 bits per heavy atom. The number of nitrogens with zero attached hydrogens (tertiary/aromatic N) is 2. The Kier molecular flexibility index (Phi) is 4.94. The number of rotatable bonds is 5. The molecule has 1 unspecified atom stereocenters. The standard InChI is InChI=1S/C11H11BrClN3OS/c1-17-8(9-2-3-10(13)18-9)6-16-11-14-4-7(12)5-15-11/h2-5,8H,6H2,1H3,(H,14,15,16). The van der Waals surface area contributed by atoms with Crippen LogP contribution in [0.4, 0.5) is 5.95 Å². The van der Waals surface area contributed by atoms with Crippen LogP contribution in [-0.4, -0.2) is 23.6 Å². The van der Waals surface area contributed by atoms with Crippen LogP contribution in [0, 0.1) is 0 Å². The molecule has 0 radical (unpaired) electrons. The Hall–Kier alpha value is -0.690. The average molecular weight is 349 g/mol. The summed E-state index contributed by atoms with van der Waals surface area (Å²) in [6, 6.07) is 3.83. The Morgan fingerprint density at radius 3 is 2.72 bits per heavy atom. The summed E-state index contributed by atoms with van der Waals surface area (Å²) in [5, 5.41) is 3.13. The van der Waals surface area contributed by atoms with E-state index in [1.165, 1.54) is 11.3 Å². The van der Waals surface area contributed by atoms with Crippen LogP contribution >= 0.6 is 38.9 Å². The number of thiophene rings is 1. The fraction of sp³-hybridized carbons (Fsp3) is 0.273. The molecule has 0 fully saturated rings. The molecule has 2 aromatic heterocycles. The van der Waals surface area contributed by atoms with E-state index in [-0.39, 0.29) is 6.10 Å². The molecule has 4 nitrogen and oxygen atoms in total. The van der Waals surface area contributed by atoms with Crippen LogP contribution in [0.5, 0.6) is 0 Å². The average Bonchev–Trinajstić information content (AvgIpc) is 2.79. The van der Waals surface area contributed by atoms with Crippen molar-refractivity contribution in [2.24, 2.45) is 0 Å². The van der Waals surface area contributed by atoms with Gasteiger partial charge in [-0.3, -0.25) is 0 Å². The fourth-order valence-corrected chi connectivity index (χ4v) is 2.73. The van der Waals surface area contributed by atoms with E-state index in [1.807, 2.05) is 12.1 Å². The number of aromatic nitrogens is 2. The van der Waals surface area contributed by atoms with Gasteiger partial charge in [-0.25, -0.2) is 9.97 Å². The van der Waals surface area contributed by atoms with Crippen molar-refractivity contribution in [3.8, 4) is 0 Å². The van der Waals surface area contributed by atoms with E-state index in [0.717, 1.165) is 13.7 Å². The first-order valence-electron chi connectivity index (χ1n) is 5.18. The molecule has 1 atom stereocenters. The number of hydrogen-bond acceptors (Lipinski definition) is 5. The largest absolute Gasteiger partial charge is 0.374 e. The SMILES string of the molecule is COC(CNc1ncc(Br)cn1)c1ccc(Cl)s1. The van der Waals surface area contributed by atoms with Gasteiger partial charge >= 0.3 is 0 Å². The van der Waals surface area contributed by atoms with Gasteiger partial charge in [0.15, 0.2) is 0 Å². The highest BCUT2D eigenvalue weighted by molar-refractivity contribution is 9.10. The van der Waals surface area contributed by atoms with Crippen molar-refractivity contribution in [1.82, 2.24) is 9.97 Å². The highest BCUT2D eigenvalue weighted by Gasteiger charge is 2.13. The topological polar surface area (TPSA) is 47.0 Å². The quantitative estimate of drug-likeness (QED) is 0.894. The van der Waals surface area contributed by atoms with Crippen LogP contribution < -0.4 is 5.32 Å². The third-order valence-electron chi connectivity index (χ3n) is 2.26. The molecular weight excluding hydrogens is 338 g/mol. The first-order chi connectivity index (χ1) is 8.69. The molecule has 18 heavy (non-hydrogen) atoms. The van der Waals surface area contributed by atoms with E-state index in [0.29, 0.717) is 12.5 Å². The molecule has 0 aliphatic heterocycles. The van der Waals surface area contributed by atoms with Crippen molar-refractivity contribution in [2.75, 3.05) is 19.0 Å². The minimum Gasteiger partial charge on any atom is -0.374 e. The summed E-state index contributed by atoms with van der Waals surface area (Å²) in [5.74, 6) is 0.572. The van der Waals surface area contributed by atoms with E-state index in [4.69, 9.17) is 16.3 Å². The second kappa shape index (κ2) is 6.47. The lowest BCUT2D eigenvalue weighted by molar-refractivity contribution is 0.117. The van der Waals surface area contributed by atoms with Crippen molar-refractivity contribution in [3.63, 3.8) is 0 Å². The van der Waals surface area contributed by atoms with Gasteiger partial charge < -0.3 is 10.1 Å². The molecule has 0 aliphatic rings. The van der Waals surface area contributed by atoms with Crippen molar-refractivity contribution in [3.05, 3.63) is 38.2 Å². The van der Waals surface area contributed by atoms with E-state index < -0.39 is 0 Å². The molecule has 1 N–H and O–H groups in total. The third-order valence-corrected chi connectivity index (χ3v) is 3.99. The van der Waals surface area contributed by atoms with E-state index >= 15 is 0 Å². The second-order valence-corrected chi connectivity index (χ2v) is 6.13. The number of anilines is 1. The van der Waals surface area contributed by atoms with Gasteiger partial charge in [0.25, 0.3) is 0 Å². The zero-order valence-electron chi connectivity index (χ0n) is 9.56. The summed E-state index contributed by atoms with van der Waals surface area (Å²) in [7, 11) is 1.67. The molecule has 0 aromatic carbocycles. The van der Waals surface area contributed by atoms with Crippen LogP contribution in [-0.2, 0) is 4.74 Å². The van der Waals surface area contributed by atoms with Crippen molar-refractivity contribution < 1.29 is 4.74 Å². The lowest BCUT2D eigenvalue weighted by Crippen LogP contribution is -2.14. The first-order valence-corrected chi connectivity index (χ1v) is 7.17. The van der Waals surface area contributed by atoms with Crippen LogP contribution in [0.25, 0.3) is 0 Å². The number of ether oxygens (including phenoxy) is 1. The first kappa shape index (κ1) is 13.7. The molecule has 0 aliphatic carbocycles. The number of methoxy groups -OCH3 is 1. The molecule has 7 heteroatoms. The molecule has 0 spiro atoms. The van der Waals surface area contributed by atoms with Crippen molar-refractivity contribution in [1.29, 1.82) is 0 Å². The van der Waals surface area contributed by atoms with Gasteiger partial charge in [-0.15, -0.1) is 11.3 Å². The van der Waals surface area contributed by atoms with Gasteiger partial charge in [0.2, 0.25) is 5.95 Å². The van der Waals surface area contributed by atoms with Crippen molar-refractivity contribution >= 4 is 44.8 Å². The molecule has 2 heterocycles. The normalized spacial score (nSPS) is 12.4. The van der Waals surface area contributed by atoms with E-state index in [2.05, 4.69) is 31.2 Å². The third kappa shape index (κ3) is 3.65. The maximum atomic E-state index is 5.91. The number of halogens is 2. The summed E-state index contributed by atoms with van der Waals surface area (Å²) in [6.07, 6.45) is 3.33. The predicted octanol–water partition coefficient (Wildman–Crippen LogP) is 3.75. The van der Waals surface area contributed by atoms with Crippen LogP contribution in [0.1, 0.15) is 11.0 Å². The molecule has 96 valence electrons. The minimum atomic E-state index is -0.0604. The molecule has 0 saturated heterocycles. The Bertz CT molecular complexity index is 505. The Labute approximate surface area is 122 Å².